The van der Waals surface area contributed by atoms with Crippen molar-refractivity contribution in [3.8, 4) is 0 Å². The van der Waals surface area contributed by atoms with E-state index in [-0.39, 0.29) is 17.1 Å². The number of nitro benzene ring substituents is 1. The second kappa shape index (κ2) is 10.8. The van der Waals surface area contributed by atoms with Crippen LogP contribution in [0.2, 0.25) is 0 Å². The molecule has 0 unspecified atom stereocenters. The Morgan fingerprint density at radius 1 is 1.06 bits per heavy atom. The van der Waals surface area contributed by atoms with E-state index in [4.69, 9.17) is 0 Å². The fourth-order valence-electron chi connectivity index (χ4n) is 2.94. The van der Waals surface area contributed by atoms with Crippen LogP contribution in [0, 0.1) is 22.9 Å². The van der Waals surface area contributed by atoms with Gasteiger partial charge in [-0.2, -0.15) is 9.41 Å². The Bertz CT molecular complexity index is 1290. The highest BCUT2D eigenvalue weighted by atomic mass is 32.2. The van der Waals surface area contributed by atoms with Crippen molar-refractivity contribution in [2.75, 3.05) is 6.54 Å². The maximum absolute atomic E-state index is 13.3. The van der Waals surface area contributed by atoms with Crippen LogP contribution in [-0.2, 0) is 21.4 Å². The first-order chi connectivity index (χ1) is 16.1. The standard InChI is InChI=1S/C23H21FN4O5S/c1-17-2-12-22(13-3-17)34(32,33)27(15-19-4-8-20(24)9-5-19)16-23(29)26-25-14-18-6-10-21(11-7-18)28(30)31/h2-14H,15-16H2,1H3,(H,26,29)/b25-14-. The van der Waals surface area contributed by atoms with Gasteiger partial charge in [-0.15, -0.1) is 0 Å². The van der Waals surface area contributed by atoms with Crippen molar-refractivity contribution in [2.45, 2.75) is 18.4 Å². The molecule has 0 saturated heterocycles. The molecule has 0 aliphatic heterocycles. The molecule has 0 aliphatic carbocycles. The van der Waals surface area contributed by atoms with Gasteiger partial charge in [-0.25, -0.2) is 18.2 Å². The number of nitrogens with zero attached hydrogens (tertiary/aromatic N) is 3. The van der Waals surface area contributed by atoms with Gasteiger partial charge in [0, 0.05) is 18.7 Å². The first kappa shape index (κ1) is 24.7. The molecule has 9 nitrogen and oxygen atoms in total. The zero-order valence-corrected chi connectivity index (χ0v) is 18.9. The molecule has 3 rings (SSSR count). The van der Waals surface area contributed by atoms with Gasteiger partial charge < -0.3 is 0 Å². The molecule has 1 N–H and O–H groups in total. The normalized spacial score (nSPS) is 11.6. The molecule has 0 aliphatic rings. The van der Waals surface area contributed by atoms with E-state index in [1.165, 1.54) is 66.9 Å². The summed E-state index contributed by atoms with van der Waals surface area (Å²) in [6.45, 7) is 1.13. The van der Waals surface area contributed by atoms with Crippen LogP contribution in [0.4, 0.5) is 10.1 Å². The number of sulfonamides is 1. The number of aryl methyl sites for hydroxylation is 1. The summed E-state index contributed by atoms with van der Waals surface area (Å²) in [5.74, 6) is -1.16. The molecule has 1 amide bonds. The predicted molar refractivity (Wildman–Crippen MR) is 124 cm³/mol. The molecule has 0 spiro atoms. The highest BCUT2D eigenvalue weighted by Gasteiger charge is 2.27. The van der Waals surface area contributed by atoms with Crippen LogP contribution in [0.5, 0.6) is 0 Å². The molecule has 0 radical (unpaired) electrons. The van der Waals surface area contributed by atoms with E-state index in [1.54, 1.807) is 12.1 Å². The molecule has 0 heterocycles. The second-order valence-corrected chi connectivity index (χ2v) is 9.29. The number of amides is 1. The SMILES string of the molecule is Cc1ccc(S(=O)(=O)N(CC(=O)N/N=C\c2ccc([N+](=O)[O-])cc2)Cc2ccc(F)cc2)cc1. The summed E-state index contributed by atoms with van der Waals surface area (Å²) in [7, 11) is -4.05. The molecular weight excluding hydrogens is 463 g/mol. The van der Waals surface area contributed by atoms with Crippen molar-refractivity contribution in [3.05, 3.63) is 105 Å². The zero-order valence-electron chi connectivity index (χ0n) is 18.1. The first-order valence-corrected chi connectivity index (χ1v) is 11.5. The van der Waals surface area contributed by atoms with Crippen LogP contribution >= 0.6 is 0 Å². The fraction of sp³-hybridized carbons (Fsp3) is 0.130. The Hall–Kier alpha value is -3.96. The Balaban J connectivity index is 1.75. The summed E-state index contributed by atoms with van der Waals surface area (Å²) in [5.41, 5.74) is 4.05. The van der Waals surface area contributed by atoms with Gasteiger partial charge in [0.2, 0.25) is 10.0 Å². The fourth-order valence-corrected chi connectivity index (χ4v) is 4.32. The third kappa shape index (κ3) is 6.53. The quantitative estimate of drug-likeness (QED) is 0.283. The number of nitro groups is 1. The van der Waals surface area contributed by atoms with E-state index in [1.807, 2.05) is 6.92 Å². The smallest absolute Gasteiger partial charge is 0.269 e. The average molecular weight is 485 g/mol. The minimum Gasteiger partial charge on any atom is -0.272 e. The highest BCUT2D eigenvalue weighted by molar-refractivity contribution is 7.89. The number of rotatable bonds is 9. The van der Waals surface area contributed by atoms with Gasteiger partial charge in [-0.3, -0.25) is 14.9 Å². The number of hydrogen-bond donors (Lipinski definition) is 1. The first-order valence-electron chi connectivity index (χ1n) is 10.0. The largest absolute Gasteiger partial charge is 0.272 e. The summed E-state index contributed by atoms with van der Waals surface area (Å²) < 4.78 is 40.7. The van der Waals surface area contributed by atoms with Crippen molar-refractivity contribution in [1.29, 1.82) is 0 Å². The lowest BCUT2D eigenvalue weighted by molar-refractivity contribution is -0.384. The Morgan fingerprint density at radius 3 is 2.26 bits per heavy atom. The minimum absolute atomic E-state index is 0.0161. The van der Waals surface area contributed by atoms with Gasteiger partial charge in [0.05, 0.1) is 22.6 Å². The van der Waals surface area contributed by atoms with Crippen molar-refractivity contribution in [2.24, 2.45) is 5.10 Å². The number of halogens is 1. The lowest BCUT2D eigenvalue weighted by Crippen LogP contribution is -2.39. The number of hydrogen-bond acceptors (Lipinski definition) is 6. The van der Waals surface area contributed by atoms with Crippen LogP contribution < -0.4 is 5.43 Å². The molecule has 3 aromatic rings. The van der Waals surface area contributed by atoms with Gasteiger partial charge in [-0.05, 0) is 54.4 Å². The molecule has 0 bridgehead atoms. The van der Waals surface area contributed by atoms with Gasteiger partial charge in [0.15, 0.2) is 0 Å². The Labute approximate surface area is 195 Å². The van der Waals surface area contributed by atoms with Gasteiger partial charge in [0.1, 0.15) is 5.82 Å². The van der Waals surface area contributed by atoms with Crippen LogP contribution in [0.1, 0.15) is 16.7 Å². The summed E-state index contributed by atoms with van der Waals surface area (Å²) in [6.07, 6.45) is 1.28. The van der Waals surface area contributed by atoms with Crippen molar-refractivity contribution in [1.82, 2.24) is 9.73 Å². The Morgan fingerprint density at radius 2 is 1.68 bits per heavy atom. The number of nitrogens with one attached hydrogen (secondary N) is 1. The molecule has 3 aromatic carbocycles. The number of non-ortho nitro benzene ring substituents is 1. The maximum atomic E-state index is 13.3. The van der Waals surface area contributed by atoms with E-state index in [0.29, 0.717) is 11.1 Å². The summed E-state index contributed by atoms with van der Waals surface area (Å²) >= 11 is 0. The molecule has 11 heteroatoms. The lowest BCUT2D eigenvalue weighted by atomic mass is 10.2. The van der Waals surface area contributed by atoms with Crippen molar-refractivity contribution >= 4 is 27.8 Å². The third-order valence-corrected chi connectivity index (χ3v) is 6.56. The van der Waals surface area contributed by atoms with Crippen LogP contribution in [0.3, 0.4) is 0 Å². The van der Waals surface area contributed by atoms with E-state index in [9.17, 15) is 27.7 Å². The van der Waals surface area contributed by atoms with E-state index >= 15 is 0 Å². The average Bonchev–Trinajstić information content (AvgIpc) is 2.80. The number of carbonyl (C=O) groups excluding carboxylic acids is 1. The molecule has 34 heavy (non-hydrogen) atoms. The van der Waals surface area contributed by atoms with Gasteiger partial charge in [0.25, 0.3) is 11.6 Å². The Kier molecular flexibility index (Phi) is 7.82. The van der Waals surface area contributed by atoms with E-state index in [2.05, 4.69) is 10.5 Å². The molecule has 0 aromatic heterocycles. The molecule has 0 fully saturated rings. The summed E-state index contributed by atoms with van der Waals surface area (Å²) in [4.78, 5) is 22.7. The lowest BCUT2D eigenvalue weighted by Gasteiger charge is -2.21. The van der Waals surface area contributed by atoms with Crippen LogP contribution in [-0.4, -0.2) is 36.3 Å². The molecule has 0 atom stereocenters. The van der Waals surface area contributed by atoms with Crippen LogP contribution in [0.15, 0.2) is 82.8 Å². The topological polar surface area (TPSA) is 122 Å². The zero-order chi connectivity index (χ0) is 24.7. The minimum atomic E-state index is -4.05. The van der Waals surface area contributed by atoms with Gasteiger partial charge >= 0.3 is 0 Å². The molecular formula is C23H21FN4O5S. The monoisotopic (exact) mass is 484 g/mol. The number of benzene rings is 3. The molecule has 0 saturated carbocycles. The van der Waals surface area contributed by atoms with Crippen molar-refractivity contribution < 1.29 is 22.5 Å². The van der Waals surface area contributed by atoms with Crippen LogP contribution in [0.25, 0.3) is 0 Å². The van der Waals surface area contributed by atoms with E-state index in [0.717, 1.165) is 9.87 Å². The molecule has 176 valence electrons. The summed E-state index contributed by atoms with van der Waals surface area (Å²) in [5, 5.41) is 14.5. The third-order valence-electron chi connectivity index (χ3n) is 4.76. The van der Waals surface area contributed by atoms with Crippen molar-refractivity contribution in [3.63, 3.8) is 0 Å². The predicted octanol–water partition coefficient (Wildman–Crippen LogP) is 3.38. The van der Waals surface area contributed by atoms with Gasteiger partial charge in [-0.1, -0.05) is 29.8 Å². The highest BCUT2D eigenvalue weighted by Crippen LogP contribution is 2.19. The maximum Gasteiger partial charge on any atom is 0.269 e. The van der Waals surface area contributed by atoms with E-state index < -0.39 is 33.2 Å². The summed E-state index contributed by atoms with van der Waals surface area (Å²) in [6, 6.07) is 17.0. The number of carbonyl (C=O) groups is 1. The second-order valence-electron chi connectivity index (χ2n) is 7.35. The number of hydrazone groups is 1.